The summed E-state index contributed by atoms with van der Waals surface area (Å²) in [7, 11) is 0. The fourth-order valence-corrected chi connectivity index (χ4v) is 3.16. The first kappa shape index (κ1) is 17.0. The maximum Gasteiger partial charge on any atom is 0.318 e. The number of carbonyl (C=O) groups is 2. The average Bonchev–Trinajstić information content (AvgIpc) is 3.05. The van der Waals surface area contributed by atoms with Gasteiger partial charge in [-0.2, -0.15) is 0 Å². The largest absolute Gasteiger partial charge is 0.481 e. The lowest BCUT2D eigenvalue weighted by Gasteiger charge is -2.23. The molecule has 1 atom stereocenters. The fraction of sp³-hybridized carbons (Fsp3) is 0.300. The molecule has 0 saturated heterocycles. The van der Waals surface area contributed by atoms with E-state index in [1.807, 2.05) is 54.6 Å². The molecule has 0 radical (unpaired) electrons. The Morgan fingerprint density at radius 2 is 1.60 bits per heavy atom. The second-order valence-electron chi connectivity index (χ2n) is 6.39. The topological polar surface area (TPSA) is 69.6 Å². The Balaban J connectivity index is 1.63. The van der Waals surface area contributed by atoms with Gasteiger partial charge in [0.05, 0.1) is 0 Å². The van der Waals surface area contributed by atoms with Crippen molar-refractivity contribution in [3.8, 4) is 0 Å². The summed E-state index contributed by atoms with van der Waals surface area (Å²) in [6.07, 6.45) is 1.08. The molecule has 0 saturated carbocycles. The number of hydrogen-bond acceptors (Lipinski definition) is 2. The smallest absolute Gasteiger partial charge is 0.318 e. The molecule has 0 spiro atoms. The molecule has 2 aromatic rings. The van der Waals surface area contributed by atoms with E-state index in [0.29, 0.717) is 25.9 Å². The summed E-state index contributed by atoms with van der Waals surface area (Å²) >= 11 is 0. The number of nitrogens with zero attached hydrogens (tertiary/aromatic N) is 1. The van der Waals surface area contributed by atoms with E-state index in [1.165, 1.54) is 11.1 Å². The van der Waals surface area contributed by atoms with Crippen molar-refractivity contribution in [2.45, 2.75) is 38.4 Å². The highest BCUT2D eigenvalue weighted by molar-refractivity contribution is 5.75. The molecule has 0 fully saturated rings. The molecule has 3 rings (SSSR count). The van der Waals surface area contributed by atoms with E-state index in [2.05, 4.69) is 5.32 Å². The SMILES string of the molecule is O=C(O)CCC(Cc1ccccc1)NC(=O)N1Cc2ccccc2C1. The molecule has 0 aromatic heterocycles. The molecule has 5 nitrogen and oxygen atoms in total. The Bertz CT molecular complexity index is 721. The van der Waals surface area contributed by atoms with Crippen LogP contribution in [0.25, 0.3) is 0 Å². The zero-order chi connectivity index (χ0) is 17.6. The summed E-state index contributed by atoms with van der Waals surface area (Å²) in [6, 6.07) is 17.5. The van der Waals surface area contributed by atoms with Crippen LogP contribution in [0.15, 0.2) is 54.6 Å². The molecular weight excluding hydrogens is 316 g/mol. The minimum absolute atomic E-state index is 0.0397. The zero-order valence-electron chi connectivity index (χ0n) is 14.0. The van der Waals surface area contributed by atoms with E-state index >= 15 is 0 Å². The van der Waals surface area contributed by atoms with Crippen LogP contribution in [0, 0.1) is 0 Å². The van der Waals surface area contributed by atoms with Crippen LogP contribution < -0.4 is 5.32 Å². The summed E-state index contributed by atoms with van der Waals surface area (Å²) in [5, 5.41) is 12.0. The van der Waals surface area contributed by atoms with Crippen molar-refractivity contribution in [2.24, 2.45) is 0 Å². The lowest BCUT2D eigenvalue weighted by molar-refractivity contribution is -0.137. The number of benzene rings is 2. The summed E-state index contributed by atoms with van der Waals surface area (Å²) in [5.41, 5.74) is 3.42. The molecule has 130 valence electrons. The molecule has 1 unspecified atom stereocenters. The summed E-state index contributed by atoms with van der Waals surface area (Å²) in [4.78, 5) is 25.3. The first-order valence-electron chi connectivity index (χ1n) is 8.50. The predicted molar refractivity (Wildman–Crippen MR) is 95.0 cm³/mol. The van der Waals surface area contributed by atoms with Crippen molar-refractivity contribution in [3.63, 3.8) is 0 Å². The van der Waals surface area contributed by atoms with Gasteiger partial charge in [0.2, 0.25) is 0 Å². The first-order valence-corrected chi connectivity index (χ1v) is 8.50. The van der Waals surface area contributed by atoms with Gasteiger partial charge >= 0.3 is 12.0 Å². The van der Waals surface area contributed by atoms with E-state index in [0.717, 1.165) is 5.56 Å². The lowest BCUT2D eigenvalue weighted by atomic mass is 10.0. The lowest BCUT2D eigenvalue weighted by Crippen LogP contribution is -2.43. The summed E-state index contributed by atoms with van der Waals surface area (Å²) in [5.74, 6) is -0.846. The van der Waals surface area contributed by atoms with Gasteiger partial charge in [0.15, 0.2) is 0 Å². The van der Waals surface area contributed by atoms with Gasteiger partial charge in [-0.3, -0.25) is 4.79 Å². The summed E-state index contributed by atoms with van der Waals surface area (Å²) in [6.45, 7) is 1.19. The molecular formula is C20H22N2O3. The number of nitrogens with one attached hydrogen (secondary N) is 1. The van der Waals surface area contributed by atoms with E-state index in [9.17, 15) is 9.59 Å². The molecule has 25 heavy (non-hydrogen) atoms. The minimum atomic E-state index is -0.846. The fourth-order valence-electron chi connectivity index (χ4n) is 3.16. The Hall–Kier alpha value is -2.82. The number of urea groups is 1. The van der Waals surface area contributed by atoms with Crippen molar-refractivity contribution >= 4 is 12.0 Å². The number of amides is 2. The van der Waals surface area contributed by atoms with Crippen LogP contribution in [-0.4, -0.2) is 28.0 Å². The molecule has 1 aliphatic rings. The van der Waals surface area contributed by atoms with Gasteiger partial charge in [0.1, 0.15) is 0 Å². The van der Waals surface area contributed by atoms with Gasteiger partial charge in [-0.25, -0.2) is 4.79 Å². The molecule has 5 heteroatoms. The Morgan fingerprint density at radius 3 is 2.20 bits per heavy atom. The van der Waals surface area contributed by atoms with Gasteiger partial charge in [0, 0.05) is 25.6 Å². The predicted octanol–water partition coefficient (Wildman–Crippen LogP) is 3.19. The van der Waals surface area contributed by atoms with Gasteiger partial charge in [0.25, 0.3) is 0 Å². The highest BCUT2D eigenvalue weighted by Crippen LogP contribution is 2.22. The quantitative estimate of drug-likeness (QED) is 0.850. The van der Waals surface area contributed by atoms with Crippen LogP contribution in [0.1, 0.15) is 29.5 Å². The maximum absolute atomic E-state index is 12.6. The molecule has 2 aromatic carbocycles. The first-order chi connectivity index (χ1) is 12.1. The maximum atomic E-state index is 12.6. The van der Waals surface area contributed by atoms with E-state index in [1.54, 1.807) is 4.90 Å². The Kier molecular flexibility index (Phi) is 5.33. The number of carboxylic acid groups (broad SMARTS) is 1. The van der Waals surface area contributed by atoms with Crippen LogP contribution >= 0.6 is 0 Å². The third-order valence-electron chi connectivity index (χ3n) is 4.49. The molecule has 2 N–H and O–H groups in total. The van der Waals surface area contributed by atoms with E-state index in [4.69, 9.17) is 5.11 Å². The van der Waals surface area contributed by atoms with Gasteiger partial charge < -0.3 is 15.3 Å². The second kappa shape index (κ2) is 7.83. The number of aliphatic carboxylic acids is 1. The summed E-state index contributed by atoms with van der Waals surface area (Å²) < 4.78 is 0. The van der Waals surface area contributed by atoms with Crippen molar-refractivity contribution in [1.82, 2.24) is 10.2 Å². The monoisotopic (exact) mass is 338 g/mol. The normalized spacial score (nSPS) is 14.0. The standard InChI is InChI=1S/C20H22N2O3/c23-19(24)11-10-18(12-15-6-2-1-3-7-15)21-20(25)22-13-16-8-4-5-9-17(16)14-22/h1-9,18H,10-14H2,(H,21,25)(H,23,24). The number of carboxylic acids is 1. The van der Waals surface area contributed by atoms with Crippen molar-refractivity contribution in [1.29, 1.82) is 0 Å². The van der Waals surface area contributed by atoms with Crippen LogP contribution in [0.3, 0.4) is 0 Å². The van der Waals surface area contributed by atoms with Gasteiger partial charge in [-0.15, -0.1) is 0 Å². The van der Waals surface area contributed by atoms with Crippen LogP contribution in [-0.2, 0) is 24.3 Å². The highest BCUT2D eigenvalue weighted by Gasteiger charge is 2.25. The number of rotatable bonds is 6. The number of carbonyl (C=O) groups excluding carboxylic acids is 1. The number of hydrogen-bond donors (Lipinski definition) is 2. The molecule has 2 amide bonds. The Labute approximate surface area is 147 Å². The second-order valence-corrected chi connectivity index (χ2v) is 6.39. The third-order valence-corrected chi connectivity index (χ3v) is 4.49. The van der Waals surface area contributed by atoms with E-state index in [-0.39, 0.29) is 18.5 Å². The molecule has 0 bridgehead atoms. The highest BCUT2D eigenvalue weighted by atomic mass is 16.4. The Morgan fingerprint density at radius 1 is 1.00 bits per heavy atom. The van der Waals surface area contributed by atoms with E-state index < -0.39 is 5.97 Å². The molecule has 0 aliphatic carbocycles. The van der Waals surface area contributed by atoms with Gasteiger partial charge in [-0.05, 0) is 29.5 Å². The van der Waals surface area contributed by atoms with Crippen molar-refractivity contribution < 1.29 is 14.7 Å². The van der Waals surface area contributed by atoms with Crippen LogP contribution in [0.4, 0.5) is 4.79 Å². The average molecular weight is 338 g/mol. The zero-order valence-corrected chi connectivity index (χ0v) is 14.0. The molecule has 1 aliphatic heterocycles. The third kappa shape index (κ3) is 4.59. The van der Waals surface area contributed by atoms with Crippen LogP contribution in [0.5, 0.6) is 0 Å². The van der Waals surface area contributed by atoms with Gasteiger partial charge in [-0.1, -0.05) is 54.6 Å². The van der Waals surface area contributed by atoms with Crippen molar-refractivity contribution in [3.05, 3.63) is 71.3 Å². The molecule has 1 heterocycles. The van der Waals surface area contributed by atoms with Crippen LogP contribution in [0.2, 0.25) is 0 Å². The number of fused-ring (bicyclic) bond motifs is 1. The minimum Gasteiger partial charge on any atom is -0.481 e. The van der Waals surface area contributed by atoms with Crippen molar-refractivity contribution in [2.75, 3.05) is 0 Å².